The number of esters is 1. The van der Waals surface area contributed by atoms with E-state index in [0.717, 1.165) is 28.0 Å². The van der Waals surface area contributed by atoms with Crippen LogP contribution in [0.3, 0.4) is 0 Å². The summed E-state index contributed by atoms with van der Waals surface area (Å²) in [6.07, 6.45) is 0.942. The van der Waals surface area contributed by atoms with Gasteiger partial charge in [-0.2, -0.15) is 10.1 Å². The van der Waals surface area contributed by atoms with Gasteiger partial charge in [0, 0.05) is 11.1 Å². The van der Waals surface area contributed by atoms with E-state index >= 15 is 0 Å². The van der Waals surface area contributed by atoms with Crippen LogP contribution < -0.4 is 14.8 Å². The van der Waals surface area contributed by atoms with Crippen LogP contribution in [0.5, 0.6) is 11.5 Å². The molecule has 0 aliphatic carbocycles. The lowest BCUT2D eigenvalue weighted by Crippen LogP contribution is -2.32. The van der Waals surface area contributed by atoms with Crippen LogP contribution in [-0.2, 0) is 4.74 Å². The molecule has 1 aromatic heterocycles. The first-order chi connectivity index (χ1) is 17.6. The van der Waals surface area contributed by atoms with Crippen molar-refractivity contribution in [2.75, 3.05) is 19.5 Å². The van der Waals surface area contributed by atoms with Gasteiger partial charge in [0.15, 0.2) is 0 Å². The van der Waals surface area contributed by atoms with Gasteiger partial charge in [0.05, 0.1) is 25.5 Å². The number of halogens is 1. The number of benzene rings is 3. The second-order valence-electron chi connectivity index (χ2n) is 8.41. The molecule has 1 N–H and O–H groups in total. The van der Waals surface area contributed by atoms with Crippen molar-refractivity contribution in [2.45, 2.75) is 12.1 Å². The van der Waals surface area contributed by atoms with E-state index in [1.54, 1.807) is 36.1 Å². The molecule has 6 rings (SSSR count). The second kappa shape index (κ2) is 8.53. The van der Waals surface area contributed by atoms with Gasteiger partial charge in [-0.3, -0.25) is 0 Å². The number of carbonyl (C=O) groups excluding carboxylic acids is 1. The Labute approximate surface area is 206 Å². The maximum atomic E-state index is 13.8. The third kappa shape index (κ3) is 3.48. The molecule has 2 atom stereocenters. The van der Waals surface area contributed by atoms with Gasteiger partial charge in [-0.05, 0) is 53.6 Å². The Morgan fingerprint density at radius 2 is 1.78 bits per heavy atom. The standard InChI is InChI=1S/C27H21FN4O4/c1-34-19-11-12-21-20(13-19)23-22(25(36-21)16-3-5-17(6-4-16)26(33)35-2)24(15-7-9-18(28)10-8-15)32-27(31-23)29-14-30-32/h3-14,24-25H,1-2H3,(H,29,30,31)/t24-,25+/m0/s1. The highest BCUT2D eigenvalue weighted by Gasteiger charge is 2.41. The third-order valence-electron chi connectivity index (χ3n) is 6.44. The number of methoxy groups -OCH3 is 2. The molecule has 0 unspecified atom stereocenters. The number of hydrogen-bond acceptors (Lipinski definition) is 7. The van der Waals surface area contributed by atoms with Crippen LogP contribution in [-0.4, -0.2) is 35.0 Å². The Bertz CT molecular complexity index is 1500. The molecule has 0 saturated heterocycles. The van der Waals surface area contributed by atoms with Crippen LogP contribution in [0.25, 0.3) is 5.70 Å². The van der Waals surface area contributed by atoms with E-state index in [1.165, 1.54) is 25.6 Å². The van der Waals surface area contributed by atoms with E-state index in [9.17, 15) is 9.18 Å². The van der Waals surface area contributed by atoms with Crippen molar-refractivity contribution >= 4 is 17.6 Å². The Hall–Kier alpha value is -4.66. The molecule has 36 heavy (non-hydrogen) atoms. The van der Waals surface area contributed by atoms with Crippen LogP contribution in [0.2, 0.25) is 0 Å². The van der Waals surface area contributed by atoms with Gasteiger partial charge in [-0.1, -0.05) is 24.3 Å². The summed E-state index contributed by atoms with van der Waals surface area (Å²) < 4.78 is 32.5. The topological polar surface area (TPSA) is 87.5 Å². The first-order valence-corrected chi connectivity index (χ1v) is 11.3. The van der Waals surface area contributed by atoms with E-state index in [1.807, 2.05) is 30.3 Å². The quantitative estimate of drug-likeness (QED) is 0.418. The molecule has 2 aliphatic heterocycles. The fraction of sp³-hybridized carbons (Fsp3) is 0.148. The van der Waals surface area contributed by atoms with Crippen LogP contribution in [0.15, 0.2) is 78.6 Å². The summed E-state index contributed by atoms with van der Waals surface area (Å²) in [6.45, 7) is 0. The third-order valence-corrected chi connectivity index (χ3v) is 6.44. The SMILES string of the molecule is COC(=O)c1ccc([C@H]2Oc3ccc(OC)cc3C3=C2[C@H](c2ccc(F)cc2)n2ncnc2N3)cc1. The Morgan fingerprint density at radius 3 is 2.50 bits per heavy atom. The molecule has 3 aromatic carbocycles. The summed E-state index contributed by atoms with van der Waals surface area (Å²) in [4.78, 5) is 16.4. The first-order valence-electron chi connectivity index (χ1n) is 11.3. The van der Waals surface area contributed by atoms with E-state index in [0.29, 0.717) is 23.0 Å². The normalized spacial score (nSPS) is 17.8. The van der Waals surface area contributed by atoms with Gasteiger partial charge in [-0.25, -0.2) is 13.9 Å². The van der Waals surface area contributed by atoms with Crippen molar-refractivity contribution in [3.63, 3.8) is 0 Å². The number of anilines is 1. The van der Waals surface area contributed by atoms with Crippen LogP contribution in [0.1, 0.15) is 39.2 Å². The highest BCUT2D eigenvalue weighted by molar-refractivity contribution is 5.89. The van der Waals surface area contributed by atoms with Crippen LogP contribution in [0, 0.1) is 5.82 Å². The number of aromatic nitrogens is 3. The summed E-state index contributed by atoms with van der Waals surface area (Å²) in [5.41, 5.74) is 4.58. The summed E-state index contributed by atoms with van der Waals surface area (Å²) in [6, 6.07) is 18.6. The van der Waals surface area contributed by atoms with E-state index in [4.69, 9.17) is 14.2 Å². The summed E-state index contributed by atoms with van der Waals surface area (Å²) in [7, 11) is 2.96. The number of nitrogens with one attached hydrogen (secondary N) is 1. The minimum Gasteiger partial charge on any atom is -0.497 e. The van der Waals surface area contributed by atoms with Crippen molar-refractivity contribution < 1.29 is 23.4 Å². The van der Waals surface area contributed by atoms with Gasteiger partial charge in [0.2, 0.25) is 5.95 Å². The molecule has 9 heteroatoms. The van der Waals surface area contributed by atoms with Crippen molar-refractivity contribution in [1.82, 2.24) is 14.8 Å². The molecule has 8 nitrogen and oxygen atoms in total. The predicted molar refractivity (Wildman–Crippen MR) is 129 cm³/mol. The smallest absolute Gasteiger partial charge is 0.337 e. The van der Waals surface area contributed by atoms with Crippen molar-refractivity contribution in [2.24, 2.45) is 0 Å². The minimum atomic E-state index is -0.535. The number of rotatable bonds is 4. The summed E-state index contributed by atoms with van der Waals surface area (Å²) >= 11 is 0. The Morgan fingerprint density at radius 1 is 1.03 bits per heavy atom. The highest BCUT2D eigenvalue weighted by Crippen LogP contribution is 2.51. The molecule has 0 fully saturated rings. The average molecular weight is 484 g/mol. The lowest BCUT2D eigenvalue weighted by atomic mass is 9.84. The van der Waals surface area contributed by atoms with Gasteiger partial charge >= 0.3 is 5.97 Å². The highest BCUT2D eigenvalue weighted by atomic mass is 19.1. The number of carbonyl (C=O) groups is 1. The molecule has 3 heterocycles. The molecule has 0 bridgehead atoms. The predicted octanol–water partition coefficient (Wildman–Crippen LogP) is 4.77. The maximum absolute atomic E-state index is 13.8. The van der Waals surface area contributed by atoms with Gasteiger partial charge in [-0.15, -0.1) is 0 Å². The average Bonchev–Trinajstić information content (AvgIpc) is 3.40. The zero-order valence-corrected chi connectivity index (χ0v) is 19.4. The molecule has 0 spiro atoms. The van der Waals surface area contributed by atoms with Crippen molar-refractivity contribution in [3.05, 3.63) is 107 Å². The molecule has 0 saturated carbocycles. The summed E-state index contributed by atoms with van der Waals surface area (Å²) in [5.74, 6) is 1.15. The fourth-order valence-electron chi connectivity index (χ4n) is 4.73. The van der Waals surface area contributed by atoms with E-state index in [-0.39, 0.29) is 5.82 Å². The van der Waals surface area contributed by atoms with Gasteiger partial charge in [0.1, 0.15) is 35.8 Å². The second-order valence-corrected chi connectivity index (χ2v) is 8.41. The number of fused-ring (bicyclic) bond motifs is 3. The zero-order chi connectivity index (χ0) is 24.8. The van der Waals surface area contributed by atoms with Crippen molar-refractivity contribution in [3.8, 4) is 11.5 Å². The van der Waals surface area contributed by atoms with E-state index in [2.05, 4.69) is 15.4 Å². The lowest BCUT2D eigenvalue weighted by Gasteiger charge is -2.39. The maximum Gasteiger partial charge on any atom is 0.337 e. The number of ether oxygens (including phenoxy) is 3. The molecule has 2 aliphatic rings. The minimum absolute atomic E-state index is 0.328. The zero-order valence-electron chi connectivity index (χ0n) is 19.4. The Balaban J connectivity index is 1.57. The molecule has 0 radical (unpaired) electrons. The molecule has 4 aromatic rings. The fourth-order valence-corrected chi connectivity index (χ4v) is 4.73. The first kappa shape index (κ1) is 21.8. The lowest BCUT2D eigenvalue weighted by molar-refractivity contribution is 0.0600. The van der Waals surface area contributed by atoms with E-state index < -0.39 is 18.1 Å². The largest absolute Gasteiger partial charge is 0.497 e. The van der Waals surface area contributed by atoms with Crippen LogP contribution in [0.4, 0.5) is 10.3 Å². The van der Waals surface area contributed by atoms with Crippen molar-refractivity contribution in [1.29, 1.82) is 0 Å². The molecule has 180 valence electrons. The molecule has 0 amide bonds. The molecular weight excluding hydrogens is 463 g/mol. The Kier molecular flexibility index (Phi) is 5.18. The monoisotopic (exact) mass is 484 g/mol. The van der Waals surface area contributed by atoms with Crippen LogP contribution >= 0.6 is 0 Å². The molecular formula is C27H21FN4O4. The summed E-state index contributed by atoms with van der Waals surface area (Å²) in [5, 5.41) is 7.89. The van der Waals surface area contributed by atoms with Gasteiger partial charge < -0.3 is 19.5 Å². The number of hydrogen-bond donors (Lipinski definition) is 1. The number of nitrogens with zero attached hydrogens (tertiary/aromatic N) is 3. The van der Waals surface area contributed by atoms with Gasteiger partial charge in [0.25, 0.3) is 0 Å².